The molecule has 0 aliphatic carbocycles. The molecule has 1 aromatic heterocycles. The molecule has 0 bridgehead atoms. The Morgan fingerprint density at radius 1 is 1.29 bits per heavy atom. The minimum atomic E-state index is -3.55. The van der Waals surface area contributed by atoms with Crippen molar-refractivity contribution in [3.8, 4) is 0 Å². The summed E-state index contributed by atoms with van der Waals surface area (Å²) in [5.41, 5.74) is -0.0609. The molecule has 6 heteroatoms. The monoisotopic (exact) mass is 260 g/mol. The molecule has 0 unspecified atom stereocenters. The highest BCUT2D eigenvalue weighted by molar-refractivity contribution is 7.89. The molecule has 0 aliphatic rings. The van der Waals surface area contributed by atoms with E-state index >= 15 is 0 Å². The quantitative estimate of drug-likeness (QED) is 0.835. The van der Waals surface area contributed by atoms with Crippen LogP contribution >= 0.6 is 0 Å². The Bertz CT molecular complexity index is 478. The summed E-state index contributed by atoms with van der Waals surface area (Å²) in [6.07, 6.45) is 0. The highest BCUT2D eigenvalue weighted by Gasteiger charge is 2.36. The van der Waals surface area contributed by atoms with E-state index < -0.39 is 15.6 Å². The number of aromatic nitrogens is 1. The zero-order valence-electron chi connectivity index (χ0n) is 11.2. The summed E-state index contributed by atoms with van der Waals surface area (Å²) in [6.45, 7) is 11.1. The maximum Gasteiger partial charge on any atom is 0.248 e. The number of sulfonamides is 1. The van der Waals surface area contributed by atoms with E-state index in [2.05, 4.69) is 5.16 Å². The summed E-state index contributed by atoms with van der Waals surface area (Å²) < 4.78 is 31.5. The molecule has 0 amide bonds. The fourth-order valence-corrected chi connectivity index (χ4v) is 4.05. The first-order chi connectivity index (χ1) is 7.62. The van der Waals surface area contributed by atoms with Crippen LogP contribution in [0.15, 0.2) is 9.42 Å². The molecule has 98 valence electrons. The molecule has 0 aliphatic heterocycles. The fourth-order valence-electron chi connectivity index (χ4n) is 1.96. The summed E-state index contributed by atoms with van der Waals surface area (Å²) in [5.74, 6) is 0.338. The van der Waals surface area contributed by atoms with Crippen LogP contribution in [0.4, 0.5) is 0 Å². The highest BCUT2D eigenvalue weighted by atomic mass is 32.2. The lowest BCUT2D eigenvalue weighted by molar-refractivity contribution is 0.259. The molecule has 0 radical (unpaired) electrons. The number of hydrogen-bond donors (Lipinski definition) is 0. The van der Waals surface area contributed by atoms with Crippen molar-refractivity contribution in [1.82, 2.24) is 9.46 Å². The lowest BCUT2D eigenvalue weighted by atomic mass is 10.1. The predicted octanol–water partition coefficient (Wildman–Crippen LogP) is 2.10. The third-order valence-corrected chi connectivity index (χ3v) is 5.04. The average Bonchev–Trinajstić information content (AvgIpc) is 2.44. The maximum atomic E-state index is 12.5. The molecule has 0 saturated heterocycles. The Balaban J connectivity index is 3.38. The van der Waals surface area contributed by atoms with Crippen molar-refractivity contribution in [2.45, 2.75) is 52.0 Å². The van der Waals surface area contributed by atoms with Crippen LogP contribution in [0, 0.1) is 13.8 Å². The van der Waals surface area contributed by atoms with E-state index in [4.69, 9.17) is 4.52 Å². The van der Waals surface area contributed by atoms with Gasteiger partial charge in [-0.3, -0.25) is 0 Å². The van der Waals surface area contributed by atoms with Gasteiger partial charge in [-0.15, -0.1) is 0 Å². The molecule has 0 spiro atoms. The number of hydrogen-bond acceptors (Lipinski definition) is 4. The molecule has 17 heavy (non-hydrogen) atoms. The number of rotatable bonds is 3. The van der Waals surface area contributed by atoms with Gasteiger partial charge in [0.2, 0.25) is 10.0 Å². The minimum Gasteiger partial charge on any atom is -0.360 e. The van der Waals surface area contributed by atoms with Crippen molar-refractivity contribution in [2.75, 3.05) is 6.54 Å². The van der Waals surface area contributed by atoms with Gasteiger partial charge >= 0.3 is 0 Å². The second-order valence-corrected chi connectivity index (χ2v) is 6.79. The van der Waals surface area contributed by atoms with Crippen molar-refractivity contribution in [1.29, 1.82) is 0 Å². The van der Waals surface area contributed by atoms with Crippen LogP contribution in [0.3, 0.4) is 0 Å². The van der Waals surface area contributed by atoms with E-state index in [-0.39, 0.29) is 4.90 Å². The standard InChI is InChI=1S/C11H20N2O3S/c1-7-13(11(4,5)6)17(14,15)10-8(2)12-16-9(10)3/h7H2,1-6H3. The molecular formula is C11H20N2O3S. The van der Waals surface area contributed by atoms with Gasteiger partial charge < -0.3 is 4.52 Å². The molecule has 0 saturated carbocycles. The lowest BCUT2D eigenvalue weighted by Crippen LogP contribution is -2.45. The zero-order valence-corrected chi connectivity index (χ0v) is 12.1. The van der Waals surface area contributed by atoms with Crippen LogP contribution in [0.25, 0.3) is 0 Å². The third kappa shape index (κ3) is 2.52. The molecular weight excluding hydrogens is 240 g/mol. The van der Waals surface area contributed by atoms with Gasteiger partial charge in [0.1, 0.15) is 10.6 Å². The van der Waals surface area contributed by atoms with Gasteiger partial charge in [0.15, 0.2) is 5.76 Å². The number of nitrogens with zero attached hydrogens (tertiary/aromatic N) is 2. The first-order valence-electron chi connectivity index (χ1n) is 5.58. The Morgan fingerprint density at radius 3 is 2.12 bits per heavy atom. The van der Waals surface area contributed by atoms with Gasteiger partial charge in [0.25, 0.3) is 0 Å². The van der Waals surface area contributed by atoms with E-state index in [9.17, 15) is 8.42 Å². The summed E-state index contributed by atoms with van der Waals surface area (Å²) in [7, 11) is -3.55. The first-order valence-corrected chi connectivity index (χ1v) is 7.02. The van der Waals surface area contributed by atoms with Crippen LogP contribution in [-0.4, -0.2) is 30.0 Å². The van der Waals surface area contributed by atoms with Crippen LogP contribution < -0.4 is 0 Å². The zero-order chi connectivity index (χ0) is 13.4. The van der Waals surface area contributed by atoms with Crippen LogP contribution in [0.5, 0.6) is 0 Å². The van der Waals surface area contributed by atoms with E-state index in [1.165, 1.54) is 4.31 Å². The average molecular weight is 260 g/mol. The van der Waals surface area contributed by atoms with Gasteiger partial charge in [0, 0.05) is 12.1 Å². The summed E-state index contributed by atoms with van der Waals surface area (Å²) in [4.78, 5) is 0.189. The van der Waals surface area contributed by atoms with Crippen molar-refractivity contribution >= 4 is 10.0 Å². The van der Waals surface area contributed by atoms with Crippen LogP contribution in [0.2, 0.25) is 0 Å². The van der Waals surface area contributed by atoms with Crippen LogP contribution in [0.1, 0.15) is 39.1 Å². The number of aryl methyl sites for hydroxylation is 2. The Kier molecular flexibility index (Phi) is 3.69. The molecule has 0 fully saturated rings. The molecule has 1 aromatic rings. The van der Waals surface area contributed by atoms with Crippen LogP contribution in [-0.2, 0) is 10.0 Å². The smallest absolute Gasteiger partial charge is 0.248 e. The molecule has 0 atom stereocenters. The Morgan fingerprint density at radius 2 is 1.82 bits per heavy atom. The second-order valence-electron chi connectivity index (χ2n) is 4.99. The molecule has 0 aromatic carbocycles. The molecule has 5 nitrogen and oxygen atoms in total. The van der Waals surface area contributed by atoms with E-state index in [1.54, 1.807) is 13.8 Å². The highest BCUT2D eigenvalue weighted by Crippen LogP contribution is 2.28. The Labute approximate surface area is 103 Å². The maximum absolute atomic E-state index is 12.5. The predicted molar refractivity (Wildman–Crippen MR) is 65.3 cm³/mol. The van der Waals surface area contributed by atoms with Gasteiger partial charge in [0.05, 0.1) is 0 Å². The molecule has 0 N–H and O–H groups in total. The fraction of sp³-hybridized carbons (Fsp3) is 0.727. The first kappa shape index (κ1) is 14.2. The second kappa shape index (κ2) is 4.42. The van der Waals surface area contributed by atoms with Crippen molar-refractivity contribution in [2.24, 2.45) is 0 Å². The third-order valence-electron chi connectivity index (χ3n) is 2.55. The SMILES string of the molecule is CCN(C(C)(C)C)S(=O)(=O)c1c(C)noc1C. The van der Waals surface area contributed by atoms with E-state index in [0.717, 1.165) is 0 Å². The Hall–Kier alpha value is -0.880. The molecule has 1 heterocycles. The van der Waals surface area contributed by atoms with Gasteiger partial charge in [-0.1, -0.05) is 12.1 Å². The van der Waals surface area contributed by atoms with Crippen molar-refractivity contribution in [3.63, 3.8) is 0 Å². The van der Waals surface area contributed by atoms with Crippen molar-refractivity contribution in [3.05, 3.63) is 11.5 Å². The van der Waals surface area contributed by atoms with Gasteiger partial charge in [-0.2, -0.15) is 4.31 Å². The largest absolute Gasteiger partial charge is 0.360 e. The van der Waals surface area contributed by atoms with Gasteiger partial charge in [-0.25, -0.2) is 8.42 Å². The topological polar surface area (TPSA) is 63.4 Å². The van der Waals surface area contributed by atoms with Crippen molar-refractivity contribution < 1.29 is 12.9 Å². The minimum absolute atomic E-state index is 0.189. The lowest BCUT2D eigenvalue weighted by Gasteiger charge is -2.33. The van der Waals surface area contributed by atoms with E-state index in [0.29, 0.717) is 18.0 Å². The molecule has 1 rings (SSSR count). The summed E-state index contributed by atoms with van der Waals surface area (Å²) in [5, 5.41) is 3.70. The normalized spacial score (nSPS) is 13.4. The van der Waals surface area contributed by atoms with E-state index in [1.807, 2.05) is 27.7 Å². The summed E-state index contributed by atoms with van der Waals surface area (Å²) in [6, 6.07) is 0. The van der Waals surface area contributed by atoms with Gasteiger partial charge in [-0.05, 0) is 34.6 Å². The summed E-state index contributed by atoms with van der Waals surface area (Å²) >= 11 is 0.